The van der Waals surface area contributed by atoms with E-state index in [0.29, 0.717) is 6.61 Å². The molecule has 3 nitrogen and oxygen atoms in total. The Hall–Kier alpha value is -1.49. The van der Waals surface area contributed by atoms with Gasteiger partial charge in [-0.1, -0.05) is 11.6 Å². The highest BCUT2D eigenvalue weighted by atomic mass is 35.5. The van der Waals surface area contributed by atoms with Crippen molar-refractivity contribution >= 4 is 29.7 Å². The summed E-state index contributed by atoms with van der Waals surface area (Å²) in [6.07, 6.45) is 4.49. The lowest BCUT2D eigenvalue weighted by atomic mass is 10.1. The Balaban J connectivity index is 0.00000225. The molecule has 2 aliphatic rings. The van der Waals surface area contributed by atoms with E-state index in [-0.39, 0.29) is 18.2 Å². The van der Waals surface area contributed by atoms with Crippen LogP contribution in [-0.2, 0) is 12.8 Å². The molecule has 152 valence electrons. The molecule has 1 aliphatic carbocycles. The normalized spacial score (nSPS) is 16.6. The summed E-state index contributed by atoms with van der Waals surface area (Å²) in [6.45, 7) is 5.72. The maximum Gasteiger partial charge on any atom is 0.138 e. The number of hydrogen-bond acceptors (Lipinski definition) is 3. The summed E-state index contributed by atoms with van der Waals surface area (Å²) in [7, 11) is 0. The third-order valence-corrected chi connectivity index (χ3v) is 5.88. The minimum absolute atomic E-state index is 0. The van der Waals surface area contributed by atoms with Crippen LogP contribution in [0.1, 0.15) is 24.0 Å². The largest absolute Gasteiger partial charge is 0.492 e. The van der Waals surface area contributed by atoms with E-state index in [2.05, 4.69) is 21.9 Å². The number of aryl methyl sites for hydroxylation is 2. The van der Waals surface area contributed by atoms with Gasteiger partial charge in [0.15, 0.2) is 0 Å². The van der Waals surface area contributed by atoms with E-state index in [4.69, 9.17) is 16.3 Å². The Morgan fingerprint density at radius 1 is 0.964 bits per heavy atom. The molecule has 4 rings (SSSR count). The summed E-state index contributed by atoms with van der Waals surface area (Å²) in [5.74, 6) is 0.652. The number of ether oxygens (including phenoxy) is 1. The number of piperazine rings is 1. The number of benzene rings is 2. The van der Waals surface area contributed by atoms with Crippen LogP contribution in [0, 0.1) is 5.82 Å². The molecule has 0 radical (unpaired) electrons. The molecule has 1 fully saturated rings. The molecule has 1 saturated heterocycles. The molecule has 28 heavy (non-hydrogen) atoms. The minimum Gasteiger partial charge on any atom is -0.492 e. The first-order chi connectivity index (χ1) is 13.2. The van der Waals surface area contributed by atoms with Crippen LogP contribution in [0.15, 0.2) is 36.4 Å². The van der Waals surface area contributed by atoms with Crippen molar-refractivity contribution in [2.24, 2.45) is 0 Å². The molecule has 0 aromatic heterocycles. The molecule has 0 spiro atoms. The fraction of sp³-hybridized carbons (Fsp3) is 0.455. The summed E-state index contributed by atoms with van der Waals surface area (Å²) in [5.41, 5.74) is 3.88. The summed E-state index contributed by atoms with van der Waals surface area (Å²) in [4.78, 5) is 4.78. The fourth-order valence-electron chi connectivity index (χ4n) is 4.03. The number of hydrogen-bond donors (Lipinski definition) is 0. The number of rotatable bonds is 6. The zero-order valence-corrected chi connectivity index (χ0v) is 17.6. The summed E-state index contributed by atoms with van der Waals surface area (Å²) in [5, 5.41) is 0.739. The number of nitrogens with zero attached hydrogens (tertiary/aromatic N) is 2. The minimum atomic E-state index is -0.180. The lowest BCUT2D eigenvalue weighted by Gasteiger charge is -2.36. The first-order valence-electron chi connectivity index (χ1n) is 9.86. The van der Waals surface area contributed by atoms with Crippen molar-refractivity contribution < 1.29 is 9.13 Å². The maximum absolute atomic E-state index is 13.1. The van der Waals surface area contributed by atoms with E-state index in [1.54, 1.807) is 0 Å². The van der Waals surface area contributed by atoms with E-state index in [1.165, 1.54) is 29.7 Å². The Morgan fingerprint density at radius 2 is 1.64 bits per heavy atom. The molecular formula is C22H27Cl2FN2O. The first-order valence-corrected chi connectivity index (χ1v) is 10.2. The lowest BCUT2D eigenvalue weighted by molar-refractivity contribution is 0.224. The SMILES string of the molecule is Cl.Fc1ccc(N2CCN(CCCOc3cc4c(cc3Cl)CCC4)CC2)cc1. The maximum atomic E-state index is 13.1. The van der Waals surface area contributed by atoms with Crippen LogP contribution in [0.2, 0.25) is 5.02 Å². The molecule has 0 atom stereocenters. The van der Waals surface area contributed by atoms with Crippen LogP contribution in [0.25, 0.3) is 0 Å². The molecule has 0 N–H and O–H groups in total. The van der Waals surface area contributed by atoms with Crippen LogP contribution >= 0.6 is 24.0 Å². The number of anilines is 1. The van der Waals surface area contributed by atoms with Gasteiger partial charge in [-0.2, -0.15) is 0 Å². The average Bonchev–Trinajstić information content (AvgIpc) is 3.13. The van der Waals surface area contributed by atoms with Gasteiger partial charge in [0.2, 0.25) is 0 Å². The van der Waals surface area contributed by atoms with Gasteiger partial charge in [-0.25, -0.2) is 4.39 Å². The summed E-state index contributed by atoms with van der Waals surface area (Å²) < 4.78 is 19.0. The molecule has 6 heteroatoms. The van der Waals surface area contributed by atoms with Crippen molar-refractivity contribution in [1.82, 2.24) is 4.90 Å². The zero-order valence-electron chi connectivity index (χ0n) is 16.0. The fourth-order valence-corrected chi connectivity index (χ4v) is 4.27. The van der Waals surface area contributed by atoms with Gasteiger partial charge in [-0.15, -0.1) is 12.4 Å². The van der Waals surface area contributed by atoms with Gasteiger partial charge in [0.05, 0.1) is 11.6 Å². The lowest BCUT2D eigenvalue weighted by Crippen LogP contribution is -2.46. The van der Waals surface area contributed by atoms with E-state index in [1.807, 2.05) is 12.1 Å². The molecule has 1 heterocycles. The molecular weight excluding hydrogens is 398 g/mol. The van der Waals surface area contributed by atoms with E-state index >= 15 is 0 Å². The smallest absolute Gasteiger partial charge is 0.138 e. The van der Waals surface area contributed by atoms with Crippen molar-refractivity contribution in [2.45, 2.75) is 25.7 Å². The average molecular weight is 425 g/mol. The van der Waals surface area contributed by atoms with Crippen molar-refractivity contribution in [1.29, 1.82) is 0 Å². The zero-order chi connectivity index (χ0) is 18.6. The van der Waals surface area contributed by atoms with Crippen LogP contribution < -0.4 is 9.64 Å². The van der Waals surface area contributed by atoms with Gasteiger partial charge in [-0.05, 0) is 73.2 Å². The third-order valence-electron chi connectivity index (χ3n) is 5.59. The van der Waals surface area contributed by atoms with Gasteiger partial charge >= 0.3 is 0 Å². The van der Waals surface area contributed by atoms with Crippen LogP contribution in [-0.4, -0.2) is 44.2 Å². The highest BCUT2D eigenvalue weighted by molar-refractivity contribution is 6.32. The Kier molecular flexibility index (Phi) is 7.44. The second kappa shape index (κ2) is 9.82. The van der Waals surface area contributed by atoms with E-state index in [9.17, 15) is 4.39 Å². The third kappa shape index (κ3) is 5.11. The Morgan fingerprint density at radius 3 is 2.36 bits per heavy atom. The van der Waals surface area contributed by atoms with Gasteiger partial charge in [0, 0.05) is 38.4 Å². The quantitative estimate of drug-likeness (QED) is 0.608. The van der Waals surface area contributed by atoms with Crippen LogP contribution in [0.3, 0.4) is 0 Å². The molecule has 0 saturated carbocycles. The highest BCUT2D eigenvalue weighted by Gasteiger charge is 2.17. The van der Waals surface area contributed by atoms with E-state index < -0.39 is 0 Å². The second-order valence-corrected chi connectivity index (χ2v) is 7.82. The molecule has 1 aliphatic heterocycles. The topological polar surface area (TPSA) is 15.7 Å². The predicted molar refractivity (Wildman–Crippen MR) is 116 cm³/mol. The van der Waals surface area contributed by atoms with Crippen molar-refractivity contribution in [3.05, 3.63) is 58.4 Å². The first kappa shape index (κ1) is 21.2. The Bertz CT molecular complexity index is 777. The monoisotopic (exact) mass is 424 g/mol. The van der Waals surface area contributed by atoms with E-state index in [0.717, 1.165) is 68.4 Å². The van der Waals surface area contributed by atoms with Crippen molar-refractivity contribution in [2.75, 3.05) is 44.2 Å². The van der Waals surface area contributed by atoms with Crippen molar-refractivity contribution in [3.8, 4) is 5.75 Å². The van der Waals surface area contributed by atoms with Gasteiger partial charge in [0.1, 0.15) is 11.6 Å². The summed E-state index contributed by atoms with van der Waals surface area (Å²) >= 11 is 6.36. The molecule has 2 aromatic carbocycles. The molecule has 2 aromatic rings. The Labute approximate surface area is 177 Å². The van der Waals surface area contributed by atoms with Gasteiger partial charge < -0.3 is 9.64 Å². The van der Waals surface area contributed by atoms with Crippen LogP contribution in [0.4, 0.5) is 10.1 Å². The number of halogens is 3. The van der Waals surface area contributed by atoms with Crippen LogP contribution in [0.5, 0.6) is 5.75 Å². The highest BCUT2D eigenvalue weighted by Crippen LogP contribution is 2.33. The summed E-state index contributed by atoms with van der Waals surface area (Å²) in [6, 6.07) is 11.0. The van der Waals surface area contributed by atoms with Gasteiger partial charge in [-0.3, -0.25) is 4.90 Å². The standard InChI is InChI=1S/C22H26ClFN2O.ClH/c23-21-15-17-3-1-4-18(17)16-22(21)27-14-2-9-25-10-12-26(13-11-25)20-7-5-19(24)6-8-20;/h5-8,15-16H,1-4,9-14H2;1H. The molecule has 0 amide bonds. The predicted octanol–water partition coefficient (Wildman–Crippen LogP) is 4.98. The van der Waals surface area contributed by atoms with Gasteiger partial charge in [0.25, 0.3) is 0 Å². The molecule has 0 unspecified atom stereocenters. The molecule has 0 bridgehead atoms. The number of fused-ring (bicyclic) bond motifs is 1. The second-order valence-electron chi connectivity index (χ2n) is 7.41. The van der Waals surface area contributed by atoms with Crippen molar-refractivity contribution in [3.63, 3.8) is 0 Å².